The molecule has 0 aliphatic heterocycles. The van der Waals surface area contributed by atoms with Crippen LogP contribution < -0.4 is 10.6 Å². The van der Waals surface area contributed by atoms with Gasteiger partial charge in [-0.05, 0) is 36.5 Å². The third kappa shape index (κ3) is 5.09. The van der Waals surface area contributed by atoms with Crippen LogP contribution in [0.4, 0.5) is 11.6 Å². The van der Waals surface area contributed by atoms with Gasteiger partial charge >= 0.3 is 0 Å². The van der Waals surface area contributed by atoms with Crippen molar-refractivity contribution in [1.82, 2.24) is 40.2 Å². The van der Waals surface area contributed by atoms with Gasteiger partial charge in [0.2, 0.25) is 11.8 Å². The van der Waals surface area contributed by atoms with Gasteiger partial charge in [-0.15, -0.1) is 0 Å². The SMILES string of the molecule is Cn1cc(Nc2ncnc(-c3ccc4c(c3)CCCC[C@H]4NC(=O)c3noc(C(C)(C)C)n3)n2)cn1. The van der Waals surface area contributed by atoms with Crippen LogP contribution in [0.5, 0.6) is 0 Å². The van der Waals surface area contributed by atoms with Crippen LogP contribution in [0.3, 0.4) is 0 Å². The van der Waals surface area contributed by atoms with Gasteiger partial charge in [-0.1, -0.05) is 44.5 Å². The molecule has 186 valence electrons. The smallest absolute Gasteiger partial charge is 0.293 e. The van der Waals surface area contributed by atoms with E-state index in [1.807, 2.05) is 40.1 Å². The first-order chi connectivity index (χ1) is 17.3. The van der Waals surface area contributed by atoms with E-state index in [0.717, 1.165) is 42.5 Å². The zero-order valence-electron chi connectivity index (χ0n) is 20.8. The van der Waals surface area contributed by atoms with Crippen LogP contribution in [0, 0.1) is 0 Å². The van der Waals surface area contributed by atoms with Crippen molar-refractivity contribution in [3.63, 3.8) is 0 Å². The van der Waals surface area contributed by atoms with Crippen LogP contribution >= 0.6 is 0 Å². The zero-order chi connectivity index (χ0) is 25.3. The number of benzene rings is 1. The Morgan fingerprint density at radius 3 is 2.78 bits per heavy atom. The predicted molar refractivity (Wildman–Crippen MR) is 133 cm³/mol. The van der Waals surface area contributed by atoms with Gasteiger partial charge in [-0.3, -0.25) is 9.48 Å². The molecule has 0 radical (unpaired) electrons. The maximum atomic E-state index is 12.9. The molecule has 1 amide bonds. The molecule has 4 aromatic rings. The lowest BCUT2D eigenvalue weighted by molar-refractivity contribution is 0.0921. The highest BCUT2D eigenvalue weighted by Crippen LogP contribution is 2.32. The van der Waals surface area contributed by atoms with Crippen LogP contribution in [0.15, 0.2) is 41.4 Å². The first kappa shape index (κ1) is 23.6. The number of nitrogens with zero attached hydrogens (tertiary/aromatic N) is 7. The molecule has 0 unspecified atom stereocenters. The van der Waals surface area contributed by atoms with Gasteiger partial charge < -0.3 is 15.2 Å². The molecule has 1 aliphatic carbocycles. The Morgan fingerprint density at radius 2 is 2.03 bits per heavy atom. The number of hydrogen-bond acceptors (Lipinski definition) is 9. The summed E-state index contributed by atoms with van der Waals surface area (Å²) < 4.78 is 7.00. The molecule has 3 heterocycles. The molecule has 0 saturated heterocycles. The molecule has 0 fully saturated rings. The number of rotatable bonds is 5. The average molecular weight is 488 g/mol. The van der Waals surface area contributed by atoms with Crippen LogP contribution in [-0.2, 0) is 18.9 Å². The number of nitrogens with one attached hydrogen (secondary N) is 2. The Bertz CT molecular complexity index is 1390. The molecule has 1 aliphatic rings. The normalized spacial score (nSPS) is 15.7. The molecule has 36 heavy (non-hydrogen) atoms. The molecule has 3 aromatic heterocycles. The monoisotopic (exact) mass is 487 g/mol. The minimum absolute atomic E-state index is 0.0566. The van der Waals surface area contributed by atoms with Gasteiger partial charge in [0.15, 0.2) is 5.82 Å². The van der Waals surface area contributed by atoms with Gasteiger partial charge in [0, 0.05) is 24.2 Å². The minimum atomic E-state index is -0.334. The number of aryl methyl sites for hydroxylation is 2. The Kier molecular flexibility index (Phi) is 6.21. The lowest BCUT2D eigenvalue weighted by Crippen LogP contribution is -2.29. The summed E-state index contributed by atoms with van der Waals surface area (Å²) in [6.07, 6.45) is 8.83. The van der Waals surface area contributed by atoms with E-state index in [4.69, 9.17) is 4.52 Å². The minimum Gasteiger partial charge on any atom is -0.342 e. The fourth-order valence-electron chi connectivity index (χ4n) is 4.22. The summed E-state index contributed by atoms with van der Waals surface area (Å²) in [5.41, 5.74) is 3.63. The summed E-state index contributed by atoms with van der Waals surface area (Å²) in [6, 6.07) is 6.00. The highest BCUT2D eigenvalue weighted by atomic mass is 16.5. The fraction of sp³-hybridized carbons (Fsp3) is 0.400. The third-order valence-electron chi connectivity index (χ3n) is 6.07. The van der Waals surface area contributed by atoms with Crippen molar-refractivity contribution in [2.75, 3.05) is 5.32 Å². The summed E-state index contributed by atoms with van der Waals surface area (Å²) in [7, 11) is 1.85. The van der Waals surface area contributed by atoms with Crippen molar-refractivity contribution in [2.24, 2.45) is 7.05 Å². The Labute approximate surface area is 208 Å². The van der Waals surface area contributed by atoms with Crippen molar-refractivity contribution < 1.29 is 9.32 Å². The second-order valence-corrected chi connectivity index (χ2v) is 10.0. The van der Waals surface area contributed by atoms with E-state index in [1.54, 1.807) is 10.9 Å². The Morgan fingerprint density at radius 1 is 1.17 bits per heavy atom. The Balaban J connectivity index is 1.36. The van der Waals surface area contributed by atoms with Crippen molar-refractivity contribution in [1.29, 1.82) is 0 Å². The van der Waals surface area contributed by atoms with Gasteiger partial charge in [0.25, 0.3) is 11.7 Å². The Hall–Kier alpha value is -4.15. The zero-order valence-corrected chi connectivity index (χ0v) is 20.8. The summed E-state index contributed by atoms with van der Waals surface area (Å²) in [4.78, 5) is 30.4. The van der Waals surface area contributed by atoms with Crippen molar-refractivity contribution in [2.45, 2.75) is 57.9 Å². The van der Waals surface area contributed by atoms with Crippen molar-refractivity contribution >= 4 is 17.5 Å². The molecule has 11 nitrogen and oxygen atoms in total. The number of amides is 1. The molecular formula is C25H29N9O2. The van der Waals surface area contributed by atoms with Crippen molar-refractivity contribution in [3.05, 3.63) is 59.8 Å². The molecule has 1 aromatic carbocycles. The number of aromatic nitrogens is 7. The number of fused-ring (bicyclic) bond motifs is 1. The van der Waals surface area contributed by atoms with Crippen LogP contribution in [0.2, 0.25) is 0 Å². The standard InChI is InChI=1S/C25H29N9O2/c1-25(2,3)23-31-21(33-36-23)22(35)30-19-8-6-5-7-15-11-16(9-10-18(15)19)20-26-14-27-24(32-20)29-17-12-28-34(4)13-17/h9-14,19H,5-8H2,1-4H3,(H,30,35)(H,26,27,29,32)/t19-/m1/s1. The summed E-state index contributed by atoms with van der Waals surface area (Å²) >= 11 is 0. The first-order valence-electron chi connectivity index (χ1n) is 12.0. The molecular weight excluding hydrogens is 458 g/mol. The molecule has 0 bridgehead atoms. The maximum absolute atomic E-state index is 12.9. The third-order valence-corrected chi connectivity index (χ3v) is 6.07. The topological polar surface area (TPSA) is 137 Å². The van der Waals surface area contributed by atoms with Crippen LogP contribution in [0.25, 0.3) is 11.4 Å². The van der Waals surface area contributed by atoms with E-state index < -0.39 is 0 Å². The summed E-state index contributed by atoms with van der Waals surface area (Å²) in [5.74, 6) is 1.18. The van der Waals surface area contributed by atoms with E-state index >= 15 is 0 Å². The molecule has 5 rings (SSSR count). The maximum Gasteiger partial charge on any atom is 0.293 e. The van der Waals surface area contributed by atoms with Crippen molar-refractivity contribution in [3.8, 4) is 11.4 Å². The van der Waals surface area contributed by atoms with Crippen LogP contribution in [0.1, 0.15) is 73.7 Å². The highest BCUT2D eigenvalue weighted by Gasteiger charge is 2.27. The van der Waals surface area contributed by atoms with Gasteiger partial charge in [0.1, 0.15) is 6.33 Å². The fourth-order valence-corrected chi connectivity index (χ4v) is 4.22. The highest BCUT2D eigenvalue weighted by molar-refractivity contribution is 5.90. The van der Waals surface area contributed by atoms with Gasteiger partial charge in [-0.25, -0.2) is 9.97 Å². The summed E-state index contributed by atoms with van der Waals surface area (Å²) in [5, 5.41) is 14.3. The molecule has 11 heteroatoms. The lowest BCUT2D eigenvalue weighted by atomic mass is 9.96. The van der Waals surface area contributed by atoms with Gasteiger partial charge in [-0.2, -0.15) is 15.1 Å². The predicted octanol–water partition coefficient (Wildman–Crippen LogP) is 3.89. The number of carbonyl (C=O) groups is 1. The number of anilines is 2. The van der Waals surface area contributed by atoms with Gasteiger partial charge in [0.05, 0.1) is 17.9 Å². The van der Waals surface area contributed by atoms with E-state index in [1.165, 1.54) is 11.9 Å². The molecule has 1 atom stereocenters. The average Bonchev–Trinajstić information content (AvgIpc) is 3.46. The number of hydrogen-bond donors (Lipinski definition) is 2. The summed E-state index contributed by atoms with van der Waals surface area (Å²) in [6.45, 7) is 5.89. The number of carbonyl (C=O) groups excluding carboxylic acids is 1. The second-order valence-electron chi connectivity index (χ2n) is 10.0. The molecule has 0 saturated carbocycles. The quantitative estimate of drug-likeness (QED) is 0.402. The van der Waals surface area contributed by atoms with E-state index in [2.05, 4.69) is 53.0 Å². The molecule has 2 N–H and O–H groups in total. The molecule has 0 spiro atoms. The largest absolute Gasteiger partial charge is 0.342 e. The van der Waals surface area contributed by atoms with E-state index in [0.29, 0.717) is 17.7 Å². The first-order valence-corrected chi connectivity index (χ1v) is 12.0. The van der Waals surface area contributed by atoms with E-state index in [9.17, 15) is 4.79 Å². The van der Waals surface area contributed by atoms with Crippen LogP contribution in [-0.4, -0.2) is 40.8 Å². The van der Waals surface area contributed by atoms with E-state index in [-0.39, 0.29) is 23.2 Å². The second kappa shape index (κ2) is 9.48. The lowest BCUT2D eigenvalue weighted by Gasteiger charge is -2.19.